The number of aryl methyl sites for hydroxylation is 1. The molecule has 20 heavy (non-hydrogen) atoms. The highest BCUT2D eigenvalue weighted by Gasteiger charge is 2.12. The number of rotatable bonds is 4. The fraction of sp³-hybridized carbons (Fsp3) is 0.286. The van der Waals surface area contributed by atoms with E-state index in [-0.39, 0.29) is 5.91 Å². The molecule has 1 aromatic heterocycles. The van der Waals surface area contributed by atoms with E-state index >= 15 is 0 Å². The van der Waals surface area contributed by atoms with Gasteiger partial charge in [0.1, 0.15) is 0 Å². The van der Waals surface area contributed by atoms with Gasteiger partial charge in [0.05, 0.1) is 22.7 Å². The van der Waals surface area contributed by atoms with Crippen molar-refractivity contribution in [2.24, 2.45) is 7.05 Å². The van der Waals surface area contributed by atoms with Crippen LogP contribution in [0.25, 0.3) is 0 Å². The van der Waals surface area contributed by atoms with Crippen molar-refractivity contribution in [2.45, 2.75) is 13.0 Å². The van der Waals surface area contributed by atoms with Gasteiger partial charge in [0.25, 0.3) is 0 Å². The Morgan fingerprint density at radius 3 is 2.65 bits per heavy atom. The second-order valence-corrected chi connectivity index (χ2v) is 5.51. The average Bonchev–Trinajstić information content (AvgIpc) is 2.79. The molecule has 0 spiro atoms. The van der Waals surface area contributed by atoms with E-state index in [2.05, 4.69) is 5.10 Å². The Balaban J connectivity index is 1.98. The minimum Gasteiger partial charge on any atom is -0.341 e. The maximum atomic E-state index is 12.1. The van der Waals surface area contributed by atoms with E-state index in [1.54, 1.807) is 35.0 Å². The van der Waals surface area contributed by atoms with E-state index in [4.69, 9.17) is 23.2 Å². The number of carbonyl (C=O) groups is 1. The number of hydrogen-bond donors (Lipinski definition) is 0. The van der Waals surface area contributed by atoms with Crippen LogP contribution in [-0.2, 0) is 24.8 Å². The van der Waals surface area contributed by atoms with Crippen molar-refractivity contribution in [3.05, 3.63) is 51.8 Å². The third-order valence-electron chi connectivity index (χ3n) is 2.94. The molecule has 1 aromatic carbocycles. The number of halogens is 2. The number of amides is 1. The molecular weight excluding hydrogens is 297 g/mol. The summed E-state index contributed by atoms with van der Waals surface area (Å²) in [4.78, 5) is 13.8. The van der Waals surface area contributed by atoms with Crippen molar-refractivity contribution in [2.75, 3.05) is 7.05 Å². The number of aromatic nitrogens is 2. The monoisotopic (exact) mass is 311 g/mol. The average molecular weight is 312 g/mol. The maximum absolute atomic E-state index is 12.1. The molecule has 1 amide bonds. The Bertz CT molecular complexity index is 625. The zero-order valence-electron chi connectivity index (χ0n) is 11.3. The molecular formula is C14H15Cl2N3O. The lowest BCUT2D eigenvalue weighted by Crippen LogP contribution is -2.27. The van der Waals surface area contributed by atoms with Gasteiger partial charge in [0.15, 0.2) is 0 Å². The normalized spacial score (nSPS) is 10.6. The highest BCUT2D eigenvalue weighted by Crippen LogP contribution is 2.23. The van der Waals surface area contributed by atoms with Gasteiger partial charge in [-0.25, -0.2) is 0 Å². The molecule has 1 heterocycles. The molecule has 0 saturated carbocycles. The molecule has 0 fully saturated rings. The second kappa shape index (κ2) is 6.29. The topological polar surface area (TPSA) is 38.1 Å². The molecule has 2 aromatic rings. The fourth-order valence-corrected chi connectivity index (χ4v) is 2.20. The van der Waals surface area contributed by atoms with Crippen LogP contribution in [0.5, 0.6) is 0 Å². The summed E-state index contributed by atoms with van der Waals surface area (Å²) in [5.74, 6) is 0.0206. The van der Waals surface area contributed by atoms with E-state index < -0.39 is 0 Å². The number of nitrogens with zero attached hydrogens (tertiary/aromatic N) is 3. The summed E-state index contributed by atoms with van der Waals surface area (Å²) in [5.41, 5.74) is 1.85. The van der Waals surface area contributed by atoms with Crippen LogP contribution in [-0.4, -0.2) is 27.6 Å². The van der Waals surface area contributed by atoms with Crippen LogP contribution in [0.15, 0.2) is 30.6 Å². The molecule has 0 bridgehead atoms. The van der Waals surface area contributed by atoms with Gasteiger partial charge in [-0.15, -0.1) is 0 Å². The highest BCUT2D eigenvalue weighted by molar-refractivity contribution is 6.42. The molecule has 0 N–H and O–H groups in total. The minimum atomic E-state index is 0.0206. The second-order valence-electron chi connectivity index (χ2n) is 4.70. The molecule has 0 atom stereocenters. The third-order valence-corrected chi connectivity index (χ3v) is 3.68. The maximum Gasteiger partial charge on any atom is 0.227 e. The lowest BCUT2D eigenvalue weighted by atomic mass is 10.1. The molecule has 0 aliphatic heterocycles. The summed E-state index contributed by atoms with van der Waals surface area (Å²) in [5, 5.41) is 5.04. The van der Waals surface area contributed by atoms with Crippen LogP contribution in [0.2, 0.25) is 10.0 Å². The van der Waals surface area contributed by atoms with Gasteiger partial charge in [-0.05, 0) is 17.7 Å². The molecule has 0 radical (unpaired) electrons. The molecule has 4 nitrogen and oxygen atoms in total. The van der Waals surface area contributed by atoms with E-state index in [1.165, 1.54) is 0 Å². The van der Waals surface area contributed by atoms with Gasteiger partial charge in [0.2, 0.25) is 5.91 Å². The standard InChI is InChI=1S/C14H15Cl2N3O/c1-18(8-11-7-17-19(2)9-11)14(20)6-10-3-4-12(15)13(16)5-10/h3-5,7,9H,6,8H2,1-2H3. The van der Waals surface area contributed by atoms with Gasteiger partial charge in [-0.1, -0.05) is 29.3 Å². The highest BCUT2D eigenvalue weighted by atomic mass is 35.5. The SMILES string of the molecule is CN(Cc1cnn(C)c1)C(=O)Cc1ccc(Cl)c(Cl)c1. The van der Waals surface area contributed by atoms with E-state index in [1.807, 2.05) is 19.3 Å². The molecule has 106 valence electrons. The van der Waals surface area contributed by atoms with Crippen molar-refractivity contribution < 1.29 is 4.79 Å². The Hall–Kier alpha value is -1.52. The zero-order chi connectivity index (χ0) is 14.7. The van der Waals surface area contributed by atoms with Crippen LogP contribution < -0.4 is 0 Å². The Kier molecular flexibility index (Phi) is 4.68. The molecule has 0 saturated heterocycles. The van der Waals surface area contributed by atoms with Crippen molar-refractivity contribution in [1.82, 2.24) is 14.7 Å². The first-order valence-corrected chi connectivity index (χ1v) is 6.86. The summed E-state index contributed by atoms with van der Waals surface area (Å²) in [6.07, 6.45) is 3.94. The summed E-state index contributed by atoms with van der Waals surface area (Å²) >= 11 is 11.8. The van der Waals surface area contributed by atoms with Crippen LogP contribution in [0, 0.1) is 0 Å². The summed E-state index contributed by atoms with van der Waals surface area (Å²) in [6, 6.07) is 5.23. The van der Waals surface area contributed by atoms with E-state index in [0.29, 0.717) is 23.0 Å². The fourth-order valence-electron chi connectivity index (χ4n) is 1.87. The predicted octanol–water partition coefficient (Wildman–Crippen LogP) is 2.93. The van der Waals surface area contributed by atoms with Gasteiger partial charge < -0.3 is 4.90 Å². The number of hydrogen-bond acceptors (Lipinski definition) is 2. The van der Waals surface area contributed by atoms with Crippen molar-refractivity contribution in [3.8, 4) is 0 Å². The minimum absolute atomic E-state index is 0.0206. The van der Waals surface area contributed by atoms with Gasteiger partial charge in [-0.2, -0.15) is 5.10 Å². The first kappa shape index (κ1) is 14.9. The van der Waals surface area contributed by atoms with Crippen molar-refractivity contribution in [3.63, 3.8) is 0 Å². The number of benzene rings is 1. The first-order chi connectivity index (χ1) is 9.45. The summed E-state index contributed by atoms with van der Waals surface area (Å²) in [6.45, 7) is 0.536. The summed E-state index contributed by atoms with van der Waals surface area (Å²) in [7, 11) is 3.62. The van der Waals surface area contributed by atoms with E-state index in [9.17, 15) is 4.79 Å². The van der Waals surface area contributed by atoms with Crippen LogP contribution in [0.3, 0.4) is 0 Å². The largest absolute Gasteiger partial charge is 0.341 e. The Morgan fingerprint density at radius 2 is 2.05 bits per heavy atom. The van der Waals surface area contributed by atoms with Crippen LogP contribution in [0.4, 0.5) is 0 Å². The van der Waals surface area contributed by atoms with Crippen molar-refractivity contribution in [1.29, 1.82) is 0 Å². The molecule has 2 rings (SSSR count). The van der Waals surface area contributed by atoms with Crippen LogP contribution >= 0.6 is 23.2 Å². The molecule has 0 unspecified atom stereocenters. The third kappa shape index (κ3) is 3.74. The van der Waals surface area contributed by atoms with Gasteiger partial charge in [-0.3, -0.25) is 9.48 Å². The van der Waals surface area contributed by atoms with Crippen LogP contribution in [0.1, 0.15) is 11.1 Å². The molecule has 6 heteroatoms. The van der Waals surface area contributed by atoms with Crippen molar-refractivity contribution >= 4 is 29.1 Å². The summed E-state index contributed by atoms with van der Waals surface area (Å²) < 4.78 is 1.71. The Morgan fingerprint density at radius 1 is 1.30 bits per heavy atom. The lowest BCUT2D eigenvalue weighted by Gasteiger charge is -2.16. The lowest BCUT2D eigenvalue weighted by molar-refractivity contribution is -0.129. The first-order valence-electron chi connectivity index (χ1n) is 6.11. The molecule has 0 aliphatic rings. The van der Waals surface area contributed by atoms with Gasteiger partial charge in [0, 0.05) is 32.4 Å². The predicted molar refractivity (Wildman–Crippen MR) is 79.8 cm³/mol. The quantitative estimate of drug-likeness (QED) is 0.870. The zero-order valence-corrected chi connectivity index (χ0v) is 12.8. The number of likely N-dealkylation sites (N-methyl/N-ethyl adjacent to an activating group) is 1. The Labute approximate surface area is 127 Å². The molecule has 0 aliphatic carbocycles. The van der Waals surface area contributed by atoms with E-state index in [0.717, 1.165) is 11.1 Å². The smallest absolute Gasteiger partial charge is 0.227 e. The number of carbonyl (C=O) groups excluding carboxylic acids is 1. The van der Waals surface area contributed by atoms with Gasteiger partial charge >= 0.3 is 0 Å².